The molecule has 0 N–H and O–H groups in total. The molecule has 5 nitrogen and oxygen atoms in total. The molecule has 0 aliphatic heterocycles. The second-order valence-electron chi connectivity index (χ2n) is 1.85. The van der Waals surface area contributed by atoms with E-state index in [1.165, 1.54) is 12.2 Å². The predicted molar refractivity (Wildman–Crippen MR) is 52.1 cm³/mol. The summed E-state index contributed by atoms with van der Waals surface area (Å²) in [6, 6.07) is 0. The number of hydrogen-bond acceptors (Lipinski definition) is 4. The van der Waals surface area contributed by atoms with Gasteiger partial charge in [0.15, 0.2) is 11.3 Å². The smallest absolute Gasteiger partial charge is 0.280 e. The maximum atomic E-state index is 12.1. The molecule has 0 amide bonds. The zero-order chi connectivity index (χ0) is 11.0. The minimum Gasteiger partial charge on any atom is -0.280 e. The molecule has 0 unspecified atom stereocenters. The first kappa shape index (κ1) is 13.4. The zero-order valence-corrected chi connectivity index (χ0v) is 8.89. The summed E-state index contributed by atoms with van der Waals surface area (Å²) in [7, 11) is -4.97. The second-order valence-corrected chi connectivity index (χ2v) is 4.18. The van der Waals surface area contributed by atoms with Crippen molar-refractivity contribution >= 4 is 21.7 Å². The van der Waals surface area contributed by atoms with Crippen molar-refractivity contribution in [3.05, 3.63) is 25.3 Å². The molecule has 0 spiro atoms. The van der Waals surface area contributed by atoms with Crippen molar-refractivity contribution in [1.29, 1.82) is 0 Å². The number of halogens is 1. The van der Waals surface area contributed by atoms with Crippen LogP contribution >= 0.6 is 0 Å². The van der Waals surface area contributed by atoms with E-state index in [1.54, 1.807) is 0 Å². The third kappa shape index (κ3) is 8.05. The summed E-state index contributed by atoms with van der Waals surface area (Å²) in [4.78, 5) is 0. The Morgan fingerprint density at radius 1 is 1.29 bits per heavy atom. The van der Waals surface area contributed by atoms with Crippen molar-refractivity contribution in [2.45, 2.75) is 0 Å². The highest BCUT2D eigenvalue weighted by atomic mass is 32.3. The lowest BCUT2D eigenvalue weighted by Crippen LogP contribution is -2.04. The van der Waals surface area contributed by atoms with E-state index in [1.807, 2.05) is 0 Å². The van der Waals surface area contributed by atoms with Gasteiger partial charge in [-0.3, -0.25) is 8.37 Å². The molecule has 0 saturated carbocycles. The molecule has 14 heavy (non-hydrogen) atoms. The SMILES string of the molecule is C=CCOS(=NS(=O)(=O)F)OCC=C. The topological polar surface area (TPSA) is 65.0 Å². The number of rotatable bonds is 7. The molecule has 0 atom stereocenters. The summed E-state index contributed by atoms with van der Waals surface area (Å²) in [5, 5.41) is 0. The van der Waals surface area contributed by atoms with Crippen LogP contribution in [0.2, 0.25) is 0 Å². The Kier molecular flexibility index (Phi) is 6.54. The van der Waals surface area contributed by atoms with Crippen molar-refractivity contribution in [3.63, 3.8) is 0 Å². The van der Waals surface area contributed by atoms with Gasteiger partial charge in [0, 0.05) is 0 Å². The standard InChI is InChI=1S/C6H10FNO4S2/c1-3-5-11-13(12-6-4-2)8-14(7,9)10/h3-4H,1-2,5-6H2. The van der Waals surface area contributed by atoms with E-state index < -0.39 is 21.7 Å². The van der Waals surface area contributed by atoms with Crippen LogP contribution in [0.1, 0.15) is 0 Å². The molecule has 0 aromatic carbocycles. The van der Waals surface area contributed by atoms with Gasteiger partial charge in [-0.15, -0.1) is 13.2 Å². The normalized spacial score (nSPS) is 11.3. The van der Waals surface area contributed by atoms with Gasteiger partial charge in [0.1, 0.15) is 0 Å². The predicted octanol–water partition coefficient (Wildman–Crippen LogP) is 1.24. The van der Waals surface area contributed by atoms with E-state index >= 15 is 0 Å². The van der Waals surface area contributed by atoms with Gasteiger partial charge in [-0.05, 0) is 0 Å². The molecule has 0 aliphatic rings. The van der Waals surface area contributed by atoms with Crippen molar-refractivity contribution in [1.82, 2.24) is 0 Å². The lowest BCUT2D eigenvalue weighted by atomic mass is 10.7. The van der Waals surface area contributed by atoms with Gasteiger partial charge >= 0.3 is 10.4 Å². The Labute approximate surface area is 85.1 Å². The highest BCUT2D eigenvalue weighted by Crippen LogP contribution is 2.02. The molecule has 0 aliphatic carbocycles. The van der Waals surface area contributed by atoms with Crippen LogP contribution in [0.5, 0.6) is 0 Å². The largest absolute Gasteiger partial charge is 0.427 e. The van der Waals surface area contributed by atoms with Gasteiger partial charge in [-0.25, -0.2) is 0 Å². The van der Waals surface area contributed by atoms with Crippen LogP contribution in [-0.2, 0) is 30.0 Å². The molecular formula is C6H10FNO4S2. The quantitative estimate of drug-likeness (QED) is 0.498. The fourth-order valence-corrected chi connectivity index (χ4v) is 1.78. The van der Waals surface area contributed by atoms with Crippen LogP contribution in [0.25, 0.3) is 0 Å². The second kappa shape index (κ2) is 6.82. The Bertz CT molecular complexity index is 311. The average molecular weight is 243 g/mol. The Hall–Kier alpha value is -0.570. The van der Waals surface area contributed by atoms with Gasteiger partial charge in [0.05, 0.1) is 13.2 Å². The fraction of sp³-hybridized carbons (Fsp3) is 0.333. The molecule has 82 valence electrons. The zero-order valence-electron chi connectivity index (χ0n) is 7.26. The van der Waals surface area contributed by atoms with E-state index in [9.17, 15) is 12.3 Å². The molecule has 0 aromatic rings. The van der Waals surface area contributed by atoms with Crippen molar-refractivity contribution in [2.75, 3.05) is 13.2 Å². The molecule has 8 heteroatoms. The molecule has 0 rings (SSSR count). The Morgan fingerprint density at radius 3 is 2.00 bits per heavy atom. The third-order valence-corrected chi connectivity index (χ3v) is 2.60. The van der Waals surface area contributed by atoms with Crippen molar-refractivity contribution in [2.24, 2.45) is 3.77 Å². The summed E-state index contributed by atoms with van der Waals surface area (Å²) in [5.41, 5.74) is 0. The van der Waals surface area contributed by atoms with Crippen LogP contribution in [0.4, 0.5) is 3.89 Å². The summed E-state index contributed by atoms with van der Waals surface area (Å²) in [6.07, 6.45) is 2.72. The van der Waals surface area contributed by atoms with E-state index in [4.69, 9.17) is 8.37 Å². The van der Waals surface area contributed by atoms with Gasteiger partial charge in [0.2, 0.25) is 0 Å². The first-order chi connectivity index (χ1) is 6.49. The molecule has 0 aromatic heterocycles. The maximum Gasteiger partial charge on any atom is 0.427 e. The minimum absolute atomic E-state index is 0.0132. The molecule has 0 saturated heterocycles. The summed E-state index contributed by atoms with van der Waals surface area (Å²) in [6.45, 7) is 6.68. The summed E-state index contributed by atoms with van der Waals surface area (Å²) in [5.74, 6) is 0. The van der Waals surface area contributed by atoms with Gasteiger partial charge in [-0.1, -0.05) is 19.8 Å². The van der Waals surface area contributed by atoms with E-state index in [-0.39, 0.29) is 13.2 Å². The van der Waals surface area contributed by atoms with Gasteiger partial charge in [-0.2, -0.15) is 8.42 Å². The van der Waals surface area contributed by atoms with E-state index in [2.05, 4.69) is 16.9 Å². The Morgan fingerprint density at radius 2 is 1.71 bits per heavy atom. The maximum absolute atomic E-state index is 12.1. The molecule has 0 fully saturated rings. The van der Waals surface area contributed by atoms with E-state index in [0.717, 1.165) is 0 Å². The molecular weight excluding hydrogens is 233 g/mol. The lowest BCUT2D eigenvalue weighted by Gasteiger charge is -2.03. The van der Waals surface area contributed by atoms with Gasteiger partial charge in [0.25, 0.3) is 0 Å². The Balaban J connectivity index is 4.45. The number of hydrogen-bond donors (Lipinski definition) is 0. The molecule has 0 radical (unpaired) electrons. The van der Waals surface area contributed by atoms with E-state index in [0.29, 0.717) is 0 Å². The van der Waals surface area contributed by atoms with Crippen LogP contribution < -0.4 is 0 Å². The van der Waals surface area contributed by atoms with Crippen molar-refractivity contribution < 1.29 is 20.7 Å². The minimum atomic E-state index is -4.97. The third-order valence-electron chi connectivity index (χ3n) is 0.723. The van der Waals surface area contributed by atoms with Crippen molar-refractivity contribution in [3.8, 4) is 0 Å². The van der Waals surface area contributed by atoms with Crippen LogP contribution in [0.3, 0.4) is 0 Å². The van der Waals surface area contributed by atoms with Crippen LogP contribution in [0, 0.1) is 0 Å². The highest BCUT2D eigenvalue weighted by molar-refractivity contribution is 7.93. The highest BCUT2D eigenvalue weighted by Gasteiger charge is 2.07. The first-order valence-corrected chi connectivity index (χ1v) is 5.77. The molecule has 0 bridgehead atoms. The molecule has 0 heterocycles. The lowest BCUT2D eigenvalue weighted by molar-refractivity contribution is 0.317. The van der Waals surface area contributed by atoms with Crippen LogP contribution in [-0.4, -0.2) is 21.6 Å². The summed E-state index contributed by atoms with van der Waals surface area (Å²) >= 11 is -1.77. The summed E-state index contributed by atoms with van der Waals surface area (Å²) < 4.78 is 44.5. The number of nitrogens with zero attached hydrogens (tertiary/aromatic N) is 1. The average Bonchev–Trinajstić information content (AvgIpc) is 2.07. The first-order valence-electron chi connectivity index (χ1n) is 3.40. The van der Waals surface area contributed by atoms with Gasteiger partial charge < -0.3 is 0 Å². The van der Waals surface area contributed by atoms with Crippen LogP contribution in [0.15, 0.2) is 29.1 Å². The fourth-order valence-electron chi connectivity index (χ4n) is 0.362. The monoisotopic (exact) mass is 243 g/mol.